The summed E-state index contributed by atoms with van der Waals surface area (Å²) in [6, 6.07) is 8.74. The number of non-ortho nitro benzene ring substituents is 1. The Morgan fingerprint density at radius 2 is 1.96 bits per heavy atom. The molecule has 0 aliphatic carbocycles. The van der Waals surface area contributed by atoms with Crippen molar-refractivity contribution in [1.29, 1.82) is 0 Å². The Labute approximate surface area is 154 Å². The minimum absolute atomic E-state index is 0.00537. The van der Waals surface area contributed by atoms with Gasteiger partial charge in [-0.2, -0.15) is 4.68 Å². The van der Waals surface area contributed by atoms with Crippen molar-refractivity contribution in [2.75, 3.05) is 0 Å². The smallest absolute Gasteiger partial charge is 0.283 e. The lowest BCUT2D eigenvalue weighted by Crippen LogP contribution is -2.21. The zero-order valence-electron chi connectivity index (χ0n) is 14.0. The predicted octanol–water partition coefficient (Wildman–Crippen LogP) is 2.21. The summed E-state index contributed by atoms with van der Waals surface area (Å²) in [5.74, 6) is -1.63. The quantitative estimate of drug-likeness (QED) is 0.394. The minimum Gasteiger partial charge on any atom is -0.293 e. The van der Waals surface area contributed by atoms with Crippen LogP contribution in [0.2, 0.25) is 0 Å². The minimum atomic E-state index is -0.880. The molecular weight excluding hydrogens is 374 g/mol. The zero-order valence-corrected chi connectivity index (χ0v) is 14.0. The van der Waals surface area contributed by atoms with Crippen LogP contribution in [-0.4, -0.2) is 29.5 Å². The van der Waals surface area contributed by atoms with Crippen LogP contribution in [0.3, 0.4) is 0 Å². The molecule has 140 valence electrons. The van der Waals surface area contributed by atoms with Gasteiger partial charge in [0.15, 0.2) is 17.0 Å². The summed E-state index contributed by atoms with van der Waals surface area (Å²) in [6.45, 7) is 0.0290. The highest BCUT2D eigenvalue weighted by atomic mass is 19.1. The van der Waals surface area contributed by atoms with E-state index in [1.54, 1.807) is 6.07 Å². The molecule has 11 heteroatoms. The van der Waals surface area contributed by atoms with Gasteiger partial charge in [0, 0.05) is 18.2 Å². The molecule has 0 aliphatic heterocycles. The van der Waals surface area contributed by atoms with Gasteiger partial charge in [-0.05, 0) is 17.7 Å². The van der Waals surface area contributed by atoms with Crippen molar-refractivity contribution in [3.8, 4) is 5.69 Å². The van der Waals surface area contributed by atoms with E-state index in [1.165, 1.54) is 29.1 Å². The standard InChI is InChI=1S/C17H10F2N6O3/c18-11-4-5-14(13(19)7-11)24-16-15(21-22-24)17(26)23(9-20-16)8-10-2-1-3-12(6-10)25(27)28/h1-7,9H,8H2. The van der Waals surface area contributed by atoms with E-state index in [2.05, 4.69) is 15.3 Å². The molecule has 0 spiro atoms. The number of benzene rings is 2. The van der Waals surface area contributed by atoms with Gasteiger partial charge in [0.05, 0.1) is 11.5 Å². The fourth-order valence-electron chi connectivity index (χ4n) is 2.74. The highest BCUT2D eigenvalue weighted by molar-refractivity contribution is 5.70. The van der Waals surface area contributed by atoms with Crippen molar-refractivity contribution in [3.63, 3.8) is 0 Å². The van der Waals surface area contributed by atoms with E-state index in [0.717, 1.165) is 16.8 Å². The average Bonchev–Trinajstić information content (AvgIpc) is 3.09. The largest absolute Gasteiger partial charge is 0.293 e. The van der Waals surface area contributed by atoms with E-state index >= 15 is 0 Å². The van der Waals surface area contributed by atoms with Crippen molar-refractivity contribution in [2.24, 2.45) is 0 Å². The lowest BCUT2D eigenvalue weighted by Gasteiger charge is -2.06. The molecule has 2 aromatic carbocycles. The number of nitro groups is 1. The molecule has 0 bridgehead atoms. The summed E-state index contributed by atoms with van der Waals surface area (Å²) in [7, 11) is 0. The van der Waals surface area contributed by atoms with E-state index in [9.17, 15) is 23.7 Å². The molecule has 4 aromatic rings. The van der Waals surface area contributed by atoms with Gasteiger partial charge < -0.3 is 0 Å². The van der Waals surface area contributed by atoms with Gasteiger partial charge in [0.2, 0.25) is 0 Å². The molecule has 0 radical (unpaired) electrons. The second-order valence-electron chi connectivity index (χ2n) is 5.87. The van der Waals surface area contributed by atoms with Crippen LogP contribution in [0, 0.1) is 21.7 Å². The fraction of sp³-hybridized carbons (Fsp3) is 0.0588. The van der Waals surface area contributed by atoms with E-state index < -0.39 is 22.1 Å². The van der Waals surface area contributed by atoms with Crippen LogP contribution in [0.15, 0.2) is 53.6 Å². The Morgan fingerprint density at radius 1 is 1.14 bits per heavy atom. The zero-order chi connectivity index (χ0) is 19.8. The normalized spacial score (nSPS) is 11.1. The molecule has 0 unspecified atom stereocenters. The first-order chi connectivity index (χ1) is 13.4. The Kier molecular flexibility index (Phi) is 4.11. The third-order valence-corrected chi connectivity index (χ3v) is 4.04. The first-order valence-corrected chi connectivity index (χ1v) is 7.93. The summed E-state index contributed by atoms with van der Waals surface area (Å²) in [5.41, 5.74) is -0.341. The van der Waals surface area contributed by atoms with Crippen LogP contribution in [0.25, 0.3) is 16.9 Å². The van der Waals surface area contributed by atoms with Crippen LogP contribution in [0.5, 0.6) is 0 Å². The second kappa shape index (κ2) is 6.61. The number of aromatic nitrogens is 5. The molecule has 0 fully saturated rings. The molecule has 9 nitrogen and oxygen atoms in total. The summed E-state index contributed by atoms with van der Waals surface area (Å²) >= 11 is 0. The number of halogens is 2. The van der Waals surface area contributed by atoms with Gasteiger partial charge in [0.1, 0.15) is 17.8 Å². The van der Waals surface area contributed by atoms with Gasteiger partial charge in [-0.25, -0.2) is 13.8 Å². The maximum absolute atomic E-state index is 14.0. The molecule has 2 aromatic heterocycles. The molecule has 0 N–H and O–H groups in total. The van der Waals surface area contributed by atoms with Crippen LogP contribution in [-0.2, 0) is 6.54 Å². The summed E-state index contributed by atoms with van der Waals surface area (Å²) in [6.07, 6.45) is 1.21. The maximum Gasteiger partial charge on any atom is 0.283 e. The molecule has 28 heavy (non-hydrogen) atoms. The van der Waals surface area contributed by atoms with Crippen molar-refractivity contribution in [3.05, 3.63) is 86.5 Å². The number of nitro benzene ring substituents is 1. The maximum atomic E-state index is 14.0. The predicted molar refractivity (Wildman–Crippen MR) is 93.0 cm³/mol. The Hall–Kier alpha value is -4.02. The van der Waals surface area contributed by atoms with Gasteiger partial charge in [0.25, 0.3) is 11.2 Å². The molecular formula is C17H10F2N6O3. The van der Waals surface area contributed by atoms with Crippen LogP contribution < -0.4 is 5.56 Å². The first kappa shape index (κ1) is 17.4. The molecule has 2 heterocycles. The highest BCUT2D eigenvalue weighted by Crippen LogP contribution is 2.17. The Bertz CT molecular complexity index is 1280. The Balaban J connectivity index is 1.76. The second-order valence-corrected chi connectivity index (χ2v) is 5.87. The number of fused-ring (bicyclic) bond motifs is 1. The fourth-order valence-corrected chi connectivity index (χ4v) is 2.74. The lowest BCUT2D eigenvalue weighted by molar-refractivity contribution is -0.384. The molecule has 0 atom stereocenters. The van der Waals surface area contributed by atoms with E-state index in [1.807, 2.05) is 0 Å². The lowest BCUT2D eigenvalue weighted by atomic mass is 10.2. The van der Waals surface area contributed by atoms with Crippen molar-refractivity contribution in [2.45, 2.75) is 6.54 Å². The van der Waals surface area contributed by atoms with E-state index in [0.29, 0.717) is 11.6 Å². The molecule has 0 saturated heterocycles. The molecule has 0 saturated carbocycles. The summed E-state index contributed by atoms with van der Waals surface area (Å²) in [4.78, 5) is 27.1. The number of hydrogen-bond acceptors (Lipinski definition) is 6. The third-order valence-electron chi connectivity index (χ3n) is 4.04. The Morgan fingerprint density at radius 3 is 2.71 bits per heavy atom. The number of hydrogen-bond donors (Lipinski definition) is 0. The SMILES string of the molecule is O=c1c2nnn(-c3ccc(F)cc3F)c2ncn1Cc1cccc([N+](=O)[O-])c1. The van der Waals surface area contributed by atoms with Gasteiger partial charge in [-0.3, -0.25) is 19.5 Å². The summed E-state index contributed by atoms with van der Waals surface area (Å²) in [5, 5.41) is 18.4. The van der Waals surface area contributed by atoms with Gasteiger partial charge in [-0.1, -0.05) is 17.3 Å². The topological polar surface area (TPSA) is 109 Å². The van der Waals surface area contributed by atoms with Gasteiger partial charge in [-0.15, -0.1) is 5.10 Å². The molecule has 0 aliphatic rings. The van der Waals surface area contributed by atoms with Crippen molar-refractivity contribution < 1.29 is 13.7 Å². The molecule has 0 amide bonds. The van der Waals surface area contributed by atoms with Crippen molar-refractivity contribution in [1.82, 2.24) is 24.5 Å². The summed E-state index contributed by atoms with van der Waals surface area (Å²) < 4.78 is 29.3. The number of rotatable bonds is 4. The van der Waals surface area contributed by atoms with Crippen molar-refractivity contribution >= 4 is 16.9 Å². The van der Waals surface area contributed by atoms with E-state index in [-0.39, 0.29) is 29.1 Å². The van der Waals surface area contributed by atoms with E-state index in [4.69, 9.17) is 0 Å². The highest BCUT2D eigenvalue weighted by Gasteiger charge is 2.16. The van der Waals surface area contributed by atoms with Crippen LogP contribution >= 0.6 is 0 Å². The van der Waals surface area contributed by atoms with Crippen LogP contribution in [0.1, 0.15) is 5.56 Å². The average molecular weight is 384 g/mol. The van der Waals surface area contributed by atoms with Gasteiger partial charge >= 0.3 is 0 Å². The monoisotopic (exact) mass is 384 g/mol. The third kappa shape index (κ3) is 2.98. The first-order valence-electron chi connectivity index (χ1n) is 7.93. The number of nitrogens with zero attached hydrogens (tertiary/aromatic N) is 6. The molecule has 4 rings (SSSR count). The van der Waals surface area contributed by atoms with Crippen LogP contribution in [0.4, 0.5) is 14.5 Å².